The molecule has 5 heteroatoms. The van der Waals surface area contributed by atoms with E-state index in [2.05, 4.69) is 11.9 Å². The Morgan fingerprint density at radius 2 is 2.35 bits per heavy atom. The molecule has 2 atom stereocenters. The molecule has 0 spiro atoms. The number of carboxylic acids is 1. The molecule has 0 radical (unpaired) electrons. The number of carbonyl (C=O) groups is 1. The average Bonchev–Trinajstić information content (AvgIpc) is 2.70. The Hall–Kier alpha value is -1.62. The third-order valence-electron chi connectivity index (χ3n) is 3.32. The first kappa shape index (κ1) is 11.9. The number of anilines is 1. The number of hydrogen-bond donors (Lipinski definition) is 2. The summed E-state index contributed by atoms with van der Waals surface area (Å²) < 4.78 is 0. The van der Waals surface area contributed by atoms with Crippen LogP contribution in [0.15, 0.2) is 18.3 Å². The van der Waals surface area contributed by atoms with Crippen molar-refractivity contribution >= 4 is 11.8 Å². The molecule has 1 aliphatic rings. The van der Waals surface area contributed by atoms with Crippen molar-refractivity contribution in [3.05, 3.63) is 23.9 Å². The van der Waals surface area contributed by atoms with Gasteiger partial charge in [0.25, 0.3) is 0 Å². The second-order valence-corrected chi connectivity index (χ2v) is 4.50. The summed E-state index contributed by atoms with van der Waals surface area (Å²) in [7, 11) is 0. The van der Waals surface area contributed by atoms with Crippen LogP contribution < -0.4 is 4.90 Å². The Balaban J connectivity index is 2.27. The van der Waals surface area contributed by atoms with Crippen LogP contribution >= 0.6 is 0 Å². The molecule has 2 heterocycles. The van der Waals surface area contributed by atoms with E-state index in [1.54, 1.807) is 18.3 Å². The summed E-state index contributed by atoms with van der Waals surface area (Å²) in [5, 5.41) is 18.3. The summed E-state index contributed by atoms with van der Waals surface area (Å²) in [6.07, 6.45) is 1.60. The molecule has 0 bridgehead atoms. The molecule has 0 aromatic carbocycles. The average molecular weight is 236 g/mol. The highest BCUT2D eigenvalue weighted by atomic mass is 16.4. The van der Waals surface area contributed by atoms with Gasteiger partial charge in [0.1, 0.15) is 11.4 Å². The molecule has 17 heavy (non-hydrogen) atoms. The minimum Gasteiger partial charge on any atom is -0.478 e. The number of nitrogens with zero attached hydrogens (tertiary/aromatic N) is 2. The first-order valence-electron chi connectivity index (χ1n) is 5.67. The Bertz CT molecular complexity index is 422. The monoisotopic (exact) mass is 236 g/mol. The Labute approximate surface area is 99.7 Å². The van der Waals surface area contributed by atoms with Gasteiger partial charge in [-0.25, -0.2) is 9.78 Å². The summed E-state index contributed by atoms with van der Waals surface area (Å²) in [6.45, 7) is 3.59. The van der Waals surface area contributed by atoms with E-state index in [-0.39, 0.29) is 18.1 Å². The van der Waals surface area contributed by atoms with Crippen LogP contribution in [0.3, 0.4) is 0 Å². The van der Waals surface area contributed by atoms with Crippen LogP contribution in [0.2, 0.25) is 0 Å². The topological polar surface area (TPSA) is 73.7 Å². The smallest absolute Gasteiger partial charge is 0.339 e. The Morgan fingerprint density at radius 3 is 2.94 bits per heavy atom. The molecular formula is C12H16N2O3. The van der Waals surface area contributed by atoms with Gasteiger partial charge in [0.05, 0.1) is 0 Å². The van der Waals surface area contributed by atoms with E-state index in [4.69, 9.17) is 5.11 Å². The van der Waals surface area contributed by atoms with Gasteiger partial charge in [0.2, 0.25) is 0 Å². The maximum atomic E-state index is 11.1. The Kier molecular flexibility index (Phi) is 3.28. The van der Waals surface area contributed by atoms with Crippen molar-refractivity contribution in [3.8, 4) is 0 Å². The second-order valence-electron chi connectivity index (χ2n) is 4.50. The van der Waals surface area contributed by atoms with Gasteiger partial charge >= 0.3 is 5.97 Å². The molecule has 1 saturated heterocycles. The van der Waals surface area contributed by atoms with Gasteiger partial charge in [-0.05, 0) is 18.1 Å². The minimum absolute atomic E-state index is 0.132. The zero-order valence-corrected chi connectivity index (χ0v) is 9.71. The zero-order chi connectivity index (χ0) is 12.4. The molecule has 0 saturated carbocycles. The molecule has 0 aliphatic carbocycles. The van der Waals surface area contributed by atoms with Crippen LogP contribution in [0.4, 0.5) is 5.82 Å². The van der Waals surface area contributed by atoms with Crippen LogP contribution in [-0.4, -0.2) is 40.9 Å². The molecule has 2 unspecified atom stereocenters. The fourth-order valence-corrected chi connectivity index (χ4v) is 2.26. The van der Waals surface area contributed by atoms with Gasteiger partial charge < -0.3 is 15.1 Å². The van der Waals surface area contributed by atoms with Crippen molar-refractivity contribution in [2.45, 2.75) is 6.92 Å². The molecule has 1 aliphatic heterocycles. The van der Waals surface area contributed by atoms with E-state index < -0.39 is 5.97 Å². The van der Waals surface area contributed by atoms with Crippen molar-refractivity contribution in [3.63, 3.8) is 0 Å². The largest absolute Gasteiger partial charge is 0.478 e. The van der Waals surface area contributed by atoms with E-state index in [9.17, 15) is 9.90 Å². The number of hydrogen-bond acceptors (Lipinski definition) is 4. The van der Waals surface area contributed by atoms with Crippen molar-refractivity contribution < 1.29 is 15.0 Å². The molecule has 1 fully saturated rings. The van der Waals surface area contributed by atoms with Crippen LogP contribution in [0.25, 0.3) is 0 Å². The van der Waals surface area contributed by atoms with Crippen LogP contribution in [0.5, 0.6) is 0 Å². The van der Waals surface area contributed by atoms with Gasteiger partial charge in [-0.15, -0.1) is 0 Å². The number of pyridine rings is 1. The predicted molar refractivity (Wildman–Crippen MR) is 63.1 cm³/mol. The van der Waals surface area contributed by atoms with Crippen LogP contribution in [0, 0.1) is 11.8 Å². The molecule has 2 rings (SSSR count). The van der Waals surface area contributed by atoms with Gasteiger partial charge in [0, 0.05) is 31.8 Å². The number of carboxylic acid groups (broad SMARTS) is 1. The van der Waals surface area contributed by atoms with E-state index in [1.807, 2.05) is 4.90 Å². The van der Waals surface area contributed by atoms with E-state index in [0.29, 0.717) is 18.3 Å². The molecule has 1 aromatic rings. The Morgan fingerprint density at radius 1 is 1.59 bits per heavy atom. The number of aliphatic hydroxyl groups excluding tert-OH is 1. The van der Waals surface area contributed by atoms with E-state index in [0.717, 1.165) is 6.54 Å². The quantitative estimate of drug-likeness (QED) is 0.813. The molecular weight excluding hydrogens is 220 g/mol. The van der Waals surface area contributed by atoms with Gasteiger partial charge in [0.15, 0.2) is 0 Å². The standard InChI is InChI=1S/C12H16N2O3/c1-8-5-14(6-9(8)7-15)11-10(12(16)17)3-2-4-13-11/h2-4,8-9,15H,5-7H2,1H3,(H,16,17). The summed E-state index contributed by atoms with van der Waals surface area (Å²) in [5.74, 6) is 0.0818. The molecule has 92 valence electrons. The highest BCUT2D eigenvalue weighted by Crippen LogP contribution is 2.28. The van der Waals surface area contributed by atoms with Gasteiger partial charge in [-0.3, -0.25) is 0 Å². The van der Waals surface area contributed by atoms with Crippen LogP contribution in [0.1, 0.15) is 17.3 Å². The van der Waals surface area contributed by atoms with E-state index in [1.165, 1.54) is 0 Å². The van der Waals surface area contributed by atoms with Crippen molar-refractivity contribution in [2.24, 2.45) is 11.8 Å². The third-order valence-corrected chi connectivity index (χ3v) is 3.32. The van der Waals surface area contributed by atoms with Crippen molar-refractivity contribution in [1.82, 2.24) is 4.98 Å². The number of aliphatic hydroxyl groups is 1. The summed E-state index contributed by atoms with van der Waals surface area (Å²) in [6, 6.07) is 3.18. The number of aromatic nitrogens is 1. The summed E-state index contributed by atoms with van der Waals surface area (Å²) in [5.41, 5.74) is 0.221. The lowest BCUT2D eigenvalue weighted by atomic mass is 10.00. The fraction of sp³-hybridized carbons (Fsp3) is 0.500. The van der Waals surface area contributed by atoms with E-state index >= 15 is 0 Å². The predicted octanol–water partition coefficient (Wildman–Crippen LogP) is 0.844. The van der Waals surface area contributed by atoms with Crippen molar-refractivity contribution in [1.29, 1.82) is 0 Å². The zero-order valence-electron chi connectivity index (χ0n) is 9.71. The van der Waals surface area contributed by atoms with Gasteiger partial charge in [-0.2, -0.15) is 0 Å². The minimum atomic E-state index is -0.965. The molecule has 2 N–H and O–H groups in total. The summed E-state index contributed by atoms with van der Waals surface area (Å²) in [4.78, 5) is 17.2. The number of aromatic carboxylic acids is 1. The third kappa shape index (κ3) is 2.24. The lowest BCUT2D eigenvalue weighted by molar-refractivity contribution is 0.0697. The molecule has 5 nitrogen and oxygen atoms in total. The lowest BCUT2D eigenvalue weighted by Crippen LogP contribution is -2.24. The fourth-order valence-electron chi connectivity index (χ4n) is 2.26. The molecule has 1 aromatic heterocycles. The highest BCUT2D eigenvalue weighted by molar-refractivity contribution is 5.93. The summed E-state index contributed by atoms with van der Waals surface area (Å²) >= 11 is 0. The van der Waals surface area contributed by atoms with Crippen molar-refractivity contribution in [2.75, 3.05) is 24.6 Å². The van der Waals surface area contributed by atoms with Crippen LogP contribution in [-0.2, 0) is 0 Å². The molecule has 0 amide bonds. The van der Waals surface area contributed by atoms with Gasteiger partial charge in [-0.1, -0.05) is 6.92 Å². The first-order valence-corrected chi connectivity index (χ1v) is 5.67. The second kappa shape index (κ2) is 4.71. The SMILES string of the molecule is CC1CN(c2ncccc2C(=O)O)CC1CO. The lowest BCUT2D eigenvalue weighted by Gasteiger charge is -2.18. The maximum Gasteiger partial charge on any atom is 0.339 e. The highest BCUT2D eigenvalue weighted by Gasteiger charge is 2.31. The maximum absolute atomic E-state index is 11.1. The normalized spacial score (nSPS) is 24.0. The first-order chi connectivity index (χ1) is 8.13. The number of rotatable bonds is 3.